The van der Waals surface area contributed by atoms with E-state index < -0.39 is 59.5 Å². The van der Waals surface area contributed by atoms with E-state index in [1.807, 2.05) is 0 Å². The minimum Gasteiger partial charge on any atom is -0.443 e. The van der Waals surface area contributed by atoms with Gasteiger partial charge in [0.25, 0.3) is 11.5 Å². The number of aromatic nitrogens is 2. The number of carbonyl (C=O) groups is 3. The van der Waals surface area contributed by atoms with E-state index in [2.05, 4.69) is 10.2 Å². The lowest BCUT2D eigenvalue weighted by Crippen LogP contribution is -2.50. The Labute approximate surface area is 220 Å². The van der Waals surface area contributed by atoms with E-state index in [0.717, 1.165) is 39.0 Å². The number of aliphatic hydroxyl groups is 1. The van der Waals surface area contributed by atoms with E-state index in [-0.39, 0.29) is 40.8 Å². The van der Waals surface area contributed by atoms with Crippen LogP contribution in [0.2, 0.25) is 0 Å². The Balaban J connectivity index is 1.84. The van der Waals surface area contributed by atoms with Gasteiger partial charge in [-0.1, -0.05) is 12.1 Å². The first-order valence-corrected chi connectivity index (χ1v) is 12.1. The molecule has 2 aromatic carbocycles. The van der Waals surface area contributed by atoms with Crippen LogP contribution < -0.4 is 10.5 Å². The fourth-order valence-corrected chi connectivity index (χ4v) is 5.03. The second-order valence-electron chi connectivity index (χ2n) is 10.3. The Bertz CT molecular complexity index is 1550. The minimum atomic E-state index is -1.33. The van der Waals surface area contributed by atoms with Crippen molar-refractivity contribution in [1.82, 2.24) is 20.0 Å². The Morgan fingerprint density at radius 3 is 2.44 bits per heavy atom. The van der Waals surface area contributed by atoms with Gasteiger partial charge in [-0.3, -0.25) is 19.4 Å². The number of carbonyl (C=O) groups excluding carboxylic acids is 3. The predicted molar refractivity (Wildman–Crippen MR) is 134 cm³/mol. The molecular formula is C26H25F2N5O6. The molecule has 2 N–H and O–H groups in total. The van der Waals surface area contributed by atoms with E-state index in [1.54, 1.807) is 20.8 Å². The van der Waals surface area contributed by atoms with Gasteiger partial charge in [-0.25, -0.2) is 23.5 Å². The highest BCUT2D eigenvalue weighted by Gasteiger charge is 2.52. The summed E-state index contributed by atoms with van der Waals surface area (Å²) in [6.07, 6.45) is -0.953. The van der Waals surface area contributed by atoms with Crippen molar-refractivity contribution in [3.05, 3.63) is 69.6 Å². The van der Waals surface area contributed by atoms with Gasteiger partial charge < -0.3 is 14.7 Å². The van der Waals surface area contributed by atoms with Crippen LogP contribution >= 0.6 is 0 Å². The van der Waals surface area contributed by atoms with Gasteiger partial charge in [-0.15, -0.1) is 0 Å². The van der Waals surface area contributed by atoms with Gasteiger partial charge in [0.15, 0.2) is 0 Å². The molecule has 13 heteroatoms. The average molecular weight is 542 g/mol. The Hall–Kier alpha value is -4.39. The number of H-pyrrole nitrogens is 1. The van der Waals surface area contributed by atoms with Crippen LogP contribution in [0.5, 0.6) is 0 Å². The Kier molecular flexibility index (Phi) is 6.33. The standard InChI is InChI=1S/C26H25F2N5O6/c1-26(2,3)39-25(38)32-17-11-15(28)10-16-19(17)20(29-30-23(16)36)22(21(32)13-4-6-14(27)7-5-13)33-18(35)12-31(8-9-34)24(33)37/h4-7,10-11,21-22,34H,8-9,12H2,1-3H3,(H,30,36). The van der Waals surface area contributed by atoms with Crippen LogP contribution in [0.3, 0.4) is 0 Å². The van der Waals surface area contributed by atoms with Gasteiger partial charge in [0, 0.05) is 11.9 Å². The SMILES string of the molecule is CC(C)(C)OC(=O)N1c2cc(F)cc3c(=O)[nH]nc(c23)C(N2C(=O)CN(CCO)C2=O)C1c1ccc(F)cc1. The molecular weight excluding hydrogens is 516 g/mol. The zero-order valence-corrected chi connectivity index (χ0v) is 21.3. The van der Waals surface area contributed by atoms with Gasteiger partial charge in [-0.05, 0) is 50.6 Å². The van der Waals surface area contributed by atoms with Crippen molar-refractivity contribution in [2.24, 2.45) is 0 Å². The smallest absolute Gasteiger partial charge is 0.415 e. The molecule has 39 heavy (non-hydrogen) atoms. The number of urea groups is 1. The van der Waals surface area contributed by atoms with E-state index in [1.165, 1.54) is 12.1 Å². The number of nitrogens with zero attached hydrogens (tertiary/aromatic N) is 4. The third-order valence-electron chi connectivity index (χ3n) is 6.50. The molecule has 204 valence electrons. The zero-order chi connectivity index (χ0) is 28.2. The number of aliphatic hydroxyl groups excluding tert-OH is 1. The van der Waals surface area contributed by atoms with Crippen LogP contribution in [0.1, 0.15) is 44.1 Å². The van der Waals surface area contributed by atoms with E-state index in [4.69, 9.17) is 4.74 Å². The molecule has 0 radical (unpaired) electrons. The number of anilines is 1. The van der Waals surface area contributed by atoms with Crippen LogP contribution in [0.15, 0.2) is 41.2 Å². The van der Waals surface area contributed by atoms with Crippen molar-refractivity contribution in [2.45, 2.75) is 38.5 Å². The number of imide groups is 1. The van der Waals surface area contributed by atoms with E-state index in [9.17, 15) is 33.1 Å². The molecule has 0 saturated carbocycles. The summed E-state index contributed by atoms with van der Waals surface area (Å²) in [5.41, 5.74) is -1.51. The number of hydrogen-bond donors (Lipinski definition) is 2. The molecule has 11 nitrogen and oxygen atoms in total. The highest BCUT2D eigenvalue weighted by molar-refractivity contribution is 6.07. The fourth-order valence-electron chi connectivity index (χ4n) is 5.03. The van der Waals surface area contributed by atoms with Gasteiger partial charge in [0.05, 0.1) is 29.4 Å². The van der Waals surface area contributed by atoms with Gasteiger partial charge in [0.2, 0.25) is 0 Å². The van der Waals surface area contributed by atoms with Crippen LogP contribution in [-0.2, 0) is 9.53 Å². The molecule has 1 fully saturated rings. The summed E-state index contributed by atoms with van der Waals surface area (Å²) in [5.74, 6) is -2.05. The summed E-state index contributed by atoms with van der Waals surface area (Å²) in [6.45, 7) is 4.01. The third kappa shape index (κ3) is 4.48. The number of amides is 4. The maximum atomic E-state index is 14.9. The number of hydrogen-bond acceptors (Lipinski definition) is 7. The first-order valence-electron chi connectivity index (χ1n) is 12.1. The third-order valence-corrected chi connectivity index (χ3v) is 6.50. The number of aromatic amines is 1. The number of ether oxygens (including phenoxy) is 1. The summed E-state index contributed by atoms with van der Waals surface area (Å²) >= 11 is 0. The molecule has 2 unspecified atom stereocenters. The van der Waals surface area contributed by atoms with Crippen LogP contribution in [0, 0.1) is 11.6 Å². The van der Waals surface area contributed by atoms with Crippen LogP contribution in [0.4, 0.5) is 24.1 Å². The second kappa shape index (κ2) is 9.42. The Morgan fingerprint density at radius 2 is 1.79 bits per heavy atom. The molecule has 0 bridgehead atoms. The normalized spacial score (nSPS) is 19.3. The van der Waals surface area contributed by atoms with Gasteiger partial charge in [0.1, 0.15) is 29.8 Å². The molecule has 2 aliphatic heterocycles. The second-order valence-corrected chi connectivity index (χ2v) is 10.3. The Morgan fingerprint density at radius 1 is 1.10 bits per heavy atom. The molecule has 1 saturated heterocycles. The van der Waals surface area contributed by atoms with Crippen LogP contribution in [-0.4, -0.2) is 68.4 Å². The monoisotopic (exact) mass is 541 g/mol. The largest absolute Gasteiger partial charge is 0.443 e. The highest BCUT2D eigenvalue weighted by Crippen LogP contribution is 2.50. The van der Waals surface area contributed by atoms with Crippen LogP contribution in [0.25, 0.3) is 10.8 Å². The lowest BCUT2D eigenvalue weighted by Gasteiger charge is -2.44. The van der Waals surface area contributed by atoms with Crippen molar-refractivity contribution in [1.29, 1.82) is 0 Å². The summed E-state index contributed by atoms with van der Waals surface area (Å²) in [4.78, 5) is 56.3. The molecule has 3 heterocycles. The van der Waals surface area contributed by atoms with E-state index in [0.29, 0.717) is 0 Å². The lowest BCUT2D eigenvalue weighted by molar-refractivity contribution is -0.127. The topological polar surface area (TPSA) is 136 Å². The number of benzene rings is 2. The quantitative estimate of drug-likeness (QED) is 0.485. The summed E-state index contributed by atoms with van der Waals surface area (Å²) in [5, 5.41) is 15.8. The molecule has 0 spiro atoms. The summed E-state index contributed by atoms with van der Waals surface area (Å²) in [6, 6.07) is 3.68. The van der Waals surface area contributed by atoms with Gasteiger partial charge >= 0.3 is 12.1 Å². The molecule has 4 amide bonds. The maximum absolute atomic E-state index is 14.9. The number of halogens is 2. The lowest BCUT2D eigenvalue weighted by atomic mass is 9.87. The molecule has 3 aromatic rings. The van der Waals surface area contributed by atoms with Crippen molar-refractivity contribution in [2.75, 3.05) is 24.6 Å². The number of nitrogens with one attached hydrogen (secondary N) is 1. The van der Waals surface area contributed by atoms with E-state index >= 15 is 0 Å². The number of β-amino-alcohol motifs (C(OH)–C–C–N with tert-alkyl or cyclic N) is 1. The fraction of sp³-hybridized carbons (Fsp3) is 0.346. The summed E-state index contributed by atoms with van der Waals surface area (Å²) < 4.78 is 34.5. The molecule has 0 aliphatic carbocycles. The number of rotatable bonds is 4. The molecule has 5 rings (SSSR count). The van der Waals surface area contributed by atoms with Gasteiger partial charge in [-0.2, -0.15) is 5.10 Å². The van der Waals surface area contributed by atoms with Crippen molar-refractivity contribution < 1.29 is 33.0 Å². The maximum Gasteiger partial charge on any atom is 0.415 e. The van der Waals surface area contributed by atoms with Crippen molar-refractivity contribution >= 4 is 34.5 Å². The molecule has 2 aliphatic rings. The molecule has 2 atom stereocenters. The highest BCUT2D eigenvalue weighted by atomic mass is 19.1. The average Bonchev–Trinajstić information content (AvgIpc) is 3.12. The first kappa shape index (κ1) is 26.2. The molecule has 1 aromatic heterocycles. The minimum absolute atomic E-state index is 0.0290. The van der Waals surface area contributed by atoms with Crippen molar-refractivity contribution in [3.8, 4) is 0 Å². The summed E-state index contributed by atoms with van der Waals surface area (Å²) in [7, 11) is 0. The first-order chi connectivity index (χ1) is 18.4. The predicted octanol–water partition coefficient (Wildman–Crippen LogP) is 3.00. The zero-order valence-electron chi connectivity index (χ0n) is 21.3. The van der Waals surface area contributed by atoms with Crippen molar-refractivity contribution in [3.63, 3.8) is 0 Å².